The number of anilines is 1. The minimum atomic E-state index is -4.46. The molecule has 1 aromatic rings. The Balaban J connectivity index is 1.32. The first-order chi connectivity index (χ1) is 14.2. The van der Waals surface area contributed by atoms with E-state index < -0.39 is 17.8 Å². The number of likely N-dealkylation sites (tertiary alicyclic amines) is 1. The Morgan fingerprint density at radius 3 is 2.27 bits per heavy atom. The molecule has 0 spiro atoms. The summed E-state index contributed by atoms with van der Waals surface area (Å²) >= 11 is 0. The van der Waals surface area contributed by atoms with Crippen LogP contribution < -0.4 is 5.32 Å². The number of nitrogens with zero attached hydrogens (tertiary/aromatic N) is 1. The molecule has 0 unspecified atom stereocenters. The van der Waals surface area contributed by atoms with Crippen LogP contribution in [0.1, 0.15) is 56.9 Å². The minimum Gasteiger partial charge on any atom is -0.330 e. The van der Waals surface area contributed by atoms with Crippen molar-refractivity contribution in [1.29, 1.82) is 0 Å². The van der Waals surface area contributed by atoms with Crippen molar-refractivity contribution < 1.29 is 22.8 Å². The van der Waals surface area contributed by atoms with E-state index in [-0.39, 0.29) is 22.9 Å². The normalized spacial score (nSPS) is 35.0. The zero-order chi connectivity index (χ0) is 21.1. The first-order valence-electron chi connectivity index (χ1n) is 11.0. The summed E-state index contributed by atoms with van der Waals surface area (Å²) in [6.45, 7) is 0.557. The Kier molecular flexibility index (Phi) is 4.63. The highest BCUT2D eigenvalue weighted by Gasteiger charge is 2.56. The molecule has 1 atom stereocenters. The maximum atomic E-state index is 13.6. The molecular weight excluding hydrogens is 393 g/mol. The van der Waals surface area contributed by atoms with Crippen LogP contribution in [0.25, 0.3) is 0 Å². The number of carbonyl (C=O) groups is 2. The number of alkyl halides is 3. The van der Waals surface area contributed by atoms with Gasteiger partial charge in [0, 0.05) is 12.2 Å². The maximum Gasteiger partial charge on any atom is 0.416 e. The lowest BCUT2D eigenvalue weighted by molar-refractivity contribution is -0.160. The lowest BCUT2D eigenvalue weighted by atomic mass is 9.49. The van der Waals surface area contributed by atoms with E-state index in [1.54, 1.807) is 4.90 Å². The van der Waals surface area contributed by atoms with Crippen molar-refractivity contribution in [3.05, 3.63) is 29.8 Å². The summed E-state index contributed by atoms with van der Waals surface area (Å²) in [6.07, 6.45) is 3.39. The van der Waals surface area contributed by atoms with E-state index in [0.717, 1.165) is 37.8 Å². The van der Waals surface area contributed by atoms with E-state index >= 15 is 0 Å². The predicted molar refractivity (Wildman–Crippen MR) is 105 cm³/mol. The maximum absolute atomic E-state index is 13.6. The zero-order valence-corrected chi connectivity index (χ0v) is 16.9. The molecular formula is C23H27F3N2O2. The molecule has 5 fully saturated rings. The molecule has 7 heteroatoms. The number of amides is 2. The largest absolute Gasteiger partial charge is 0.416 e. The van der Waals surface area contributed by atoms with Gasteiger partial charge in [-0.15, -0.1) is 0 Å². The van der Waals surface area contributed by atoms with E-state index in [1.165, 1.54) is 31.4 Å². The number of rotatable bonds is 3. The third-order valence-corrected chi connectivity index (χ3v) is 7.77. The van der Waals surface area contributed by atoms with Crippen molar-refractivity contribution >= 4 is 17.5 Å². The summed E-state index contributed by atoms with van der Waals surface area (Å²) in [4.78, 5) is 28.3. The van der Waals surface area contributed by atoms with E-state index in [2.05, 4.69) is 5.32 Å². The second-order valence-electron chi connectivity index (χ2n) is 9.92. The molecule has 1 saturated heterocycles. The molecule has 1 aliphatic heterocycles. The first-order valence-corrected chi connectivity index (χ1v) is 11.0. The number of carbonyl (C=O) groups excluding carboxylic acids is 2. The number of halogens is 3. The fourth-order valence-corrected chi connectivity index (χ4v) is 6.96. The van der Waals surface area contributed by atoms with Crippen LogP contribution in [0, 0.1) is 23.2 Å². The van der Waals surface area contributed by atoms with Crippen LogP contribution in [0.5, 0.6) is 0 Å². The van der Waals surface area contributed by atoms with Gasteiger partial charge in [-0.2, -0.15) is 13.2 Å². The Morgan fingerprint density at radius 2 is 1.67 bits per heavy atom. The molecule has 4 saturated carbocycles. The van der Waals surface area contributed by atoms with Gasteiger partial charge < -0.3 is 10.2 Å². The van der Waals surface area contributed by atoms with E-state index in [1.807, 2.05) is 0 Å². The summed E-state index contributed by atoms with van der Waals surface area (Å²) in [6, 6.07) is 4.06. The first kappa shape index (κ1) is 19.9. The van der Waals surface area contributed by atoms with E-state index in [0.29, 0.717) is 30.7 Å². The van der Waals surface area contributed by atoms with Gasteiger partial charge in [0.1, 0.15) is 6.04 Å². The summed E-state index contributed by atoms with van der Waals surface area (Å²) in [5.41, 5.74) is -0.995. The van der Waals surface area contributed by atoms with Gasteiger partial charge in [0.2, 0.25) is 11.8 Å². The molecule has 30 heavy (non-hydrogen) atoms. The number of nitrogens with one attached hydrogen (secondary N) is 1. The zero-order valence-electron chi connectivity index (χ0n) is 16.9. The standard InChI is InChI=1S/C23H27F3N2O2/c24-23(25,26)17-3-1-4-18(10-17)27-20(29)19-5-2-6-28(19)21(30)22-11-14-7-15(12-22)9-16(8-14)13-22/h1,3-4,10,14-16,19H,2,5-9,11-13H2,(H,27,29)/t14?,15?,16?,19-,22?/m1/s1. The lowest BCUT2D eigenvalue weighted by Crippen LogP contribution is -2.56. The van der Waals surface area contributed by atoms with Crippen molar-refractivity contribution in [2.45, 2.75) is 63.6 Å². The van der Waals surface area contributed by atoms with Crippen molar-refractivity contribution in [2.24, 2.45) is 23.2 Å². The van der Waals surface area contributed by atoms with Crippen LogP contribution in [-0.2, 0) is 15.8 Å². The summed E-state index contributed by atoms with van der Waals surface area (Å²) in [7, 11) is 0. The van der Waals surface area contributed by atoms with Crippen molar-refractivity contribution in [3.8, 4) is 0 Å². The molecule has 5 aliphatic rings. The summed E-state index contributed by atoms with van der Waals surface area (Å²) < 4.78 is 38.9. The van der Waals surface area contributed by atoms with Crippen molar-refractivity contribution in [1.82, 2.24) is 4.90 Å². The van der Waals surface area contributed by atoms with Gasteiger partial charge in [0.25, 0.3) is 0 Å². The van der Waals surface area contributed by atoms with Gasteiger partial charge in [-0.3, -0.25) is 9.59 Å². The Hall–Kier alpha value is -2.05. The van der Waals surface area contributed by atoms with Gasteiger partial charge in [0.15, 0.2) is 0 Å². The van der Waals surface area contributed by atoms with Crippen LogP contribution in [0.15, 0.2) is 24.3 Å². The highest BCUT2D eigenvalue weighted by molar-refractivity contribution is 5.98. The molecule has 4 bridgehead atoms. The van der Waals surface area contributed by atoms with Gasteiger partial charge in [0.05, 0.1) is 11.0 Å². The fourth-order valence-electron chi connectivity index (χ4n) is 6.96. The molecule has 162 valence electrons. The van der Waals surface area contributed by atoms with Gasteiger partial charge >= 0.3 is 6.18 Å². The highest BCUT2D eigenvalue weighted by atomic mass is 19.4. The number of hydrogen-bond donors (Lipinski definition) is 1. The Bertz CT molecular complexity index is 831. The molecule has 4 aliphatic carbocycles. The van der Waals surface area contributed by atoms with E-state index in [4.69, 9.17) is 0 Å². The van der Waals surface area contributed by atoms with Gasteiger partial charge in [-0.25, -0.2) is 0 Å². The third-order valence-electron chi connectivity index (χ3n) is 7.77. The van der Waals surface area contributed by atoms with Gasteiger partial charge in [-0.1, -0.05) is 6.07 Å². The molecule has 0 aromatic heterocycles. The predicted octanol–water partition coefficient (Wildman–Crippen LogP) is 4.85. The van der Waals surface area contributed by atoms with Crippen molar-refractivity contribution in [2.75, 3.05) is 11.9 Å². The van der Waals surface area contributed by atoms with Crippen molar-refractivity contribution in [3.63, 3.8) is 0 Å². The summed E-state index contributed by atoms with van der Waals surface area (Å²) in [5.74, 6) is 1.65. The van der Waals surface area contributed by atoms with Crippen LogP contribution >= 0.6 is 0 Å². The highest BCUT2D eigenvalue weighted by Crippen LogP contribution is 2.60. The smallest absolute Gasteiger partial charge is 0.330 e. The van der Waals surface area contributed by atoms with Gasteiger partial charge in [-0.05, 0) is 87.3 Å². The van der Waals surface area contributed by atoms with E-state index in [9.17, 15) is 22.8 Å². The molecule has 1 heterocycles. The molecule has 1 N–H and O–H groups in total. The average Bonchev–Trinajstić information content (AvgIpc) is 3.15. The fraction of sp³-hybridized carbons (Fsp3) is 0.652. The molecule has 2 amide bonds. The lowest BCUT2D eigenvalue weighted by Gasteiger charge is -2.56. The van der Waals surface area contributed by atoms with Crippen LogP contribution in [0.2, 0.25) is 0 Å². The molecule has 1 aromatic carbocycles. The molecule has 0 radical (unpaired) electrons. The van der Waals surface area contributed by atoms with Crippen LogP contribution in [0.4, 0.5) is 18.9 Å². The quantitative estimate of drug-likeness (QED) is 0.760. The average molecular weight is 420 g/mol. The molecule has 6 rings (SSSR count). The minimum absolute atomic E-state index is 0.114. The SMILES string of the molecule is O=C(Nc1cccc(C(F)(F)F)c1)[C@H]1CCCN1C(=O)C12CC3CC(CC(C3)C1)C2. The third kappa shape index (κ3) is 3.40. The summed E-state index contributed by atoms with van der Waals surface area (Å²) in [5, 5.41) is 2.62. The number of benzene rings is 1. The Labute approximate surface area is 174 Å². The Morgan fingerprint density at radius 1 is 1.03 bits per heavy atom. The second-order valence-corrected chi connectivity index (χ2v) is 9.92. The monoisotopic (exact) mass is 420 g/mol. The van der Waals surface area contributed by atoms with Crippen LogP contribution in [0.3, 0.4) is 0 Å². The topological polar surface area (TPSA) is 49.4 Å². The van der Waals surface area contributed by atoms with Crippen LogP contribution in [-0.4, -0.2) is 29.3 Å². The second kappa shape index (κ2) is 6.99. The number of hydrogen-bond acceptors (Lipinski definition) is 2. The molecule has 4 nitrogen and oxygen atoms in total.